The van der Waals surface area contributed by atoms with Crippen molar-refractivity contribution in [2.45, 2.75) is 65.6 Å². The lowest BCUT2D eigenvalue weighted by Gasteiger charge is -2.24. The van der Waals surface area contributed by atoms with Crippen molar-refractivity contribution in [3.63, 3.8) is 0 Å². The smallest absolute Gasteiger partial charge is 0.338 e. The normalized spacial score (nSPS) is 12.9. The summed E-state index contributed by atoms with van der Waals surface area (Å²) in [6.45, 7) is 9.36. The fraction of sp³-hybridized carbons (Fsp3) is 0.333. The van der Waals surface area contributed by atoms with Gasteiger partial charge < -0.3 is 9.47 Å². The van der Waals surface area contributed by atoms with Crippen LogP contribution in [0.25, 0.3) is 11.0 Å². The Bertz CT molecular complexity index is 1760. The van der Waals surface area contributed by atoms with Crippen LogP contribution in [0.2, 0.25) is 0 Å². The van der Waals surface area contributed by atoms with Crippen LogP contribution in [0.4, 0.5) is 11.5 Å². The van der Waals surface area contributed by atoms with Gasteiger partial charge in [-0.2, -0.15) is 0 Å². The maximum atomic E-state index is 13.5. The SMILES string of the molecule is CC#CC(=O)N(c1ccc2c(n1)c(OCc1cccc(C(=O)OC(C)(C)C)c1)nn2C)c1cc(C)c(I)cc1C1CC1. The Kier molecular flexibility index (Phi) is 8.28. The minimum Gasteiger partial charge on any atom is -0.470 e. The van der Waals surface area contributed by atoms with Crippen LogP contribution in [0.1, 0.15) is 73.5 Å². The van der Waals surface area contributed by atoms with Gasteiger partial charge in [0.25, 0.3) is 5.88 Å². The average Bonchev–Trinajstić information content (AvgIpc) is 3.73. The third-order valence-electron chi connectivity index (χ3n) is 6.82. The van der Waals surface area contributed by atoms with Crippen LogP contribution in [-0.2, 0) is 23.2 Å². The first-order chi connectivity index (χ1) is 19.9. The van der Waals surface area contributed by atoms with Crippen LogP contribution < -0.4 is 9.64 Å². The number of rotatable bonds is 7. The number of halogens is 1. The predicted molar refractivity (Wildman–Crippen MR) is 171 cm³/mol. The second kappa shape index (κ2) is 11.8. The topological polar surface area (TPSA) is 86.6 Å². The number of esters is 1. The van der Waals surface area contributed by atoms with Crippen molar-refractivity contribution < 1.29 is 19.1 Å². The van der Waals surface area contributed by atoms with E-state index in [1.807, 2.05) is 52.9 Å². The van der Waals surface area contributed by atoms with Gasteiger partial charge in [0.15, 0.2) is 5.52 Å². The number of aryl methyl sites for hydroxylation is 2. The lowest BCUT2D eigenvalue weighted by molar-refractivity contribution is -0.112. The van der Waals surface area contributed by atoms with E-state index in [0.717, 1.165) is 44.3 Å². The standard InChI is InChI=1S/C33H33IN4O4/c1-7-9-29(39)38(27-16-20(2)25(34)18-24(27)22-12-13-22)28-15-14-26-30(35-28)31(36-37(26)6)41-19-21-10-8-11-23(17-21)32(40)42-33(3,4)5/h8,10-11,14-18,22H,12-13,19H2,1-6H3. The van der Waals surface area contributed by atoms with Gasteiger partial charge in [-0.05, 0) is 135 Å². The number of pyridine rings is 1. The van der Waals surface area contributed by atoms with Crippen molar-refractivity contribution in [3.05, 3.63) is 74.4 Å². The maximum Gasteiger partial charge on any atom is 0.338 e. The number of fused-ring (bicyclic) bond motifs is 1. The summed E-state index contributed by atoms with van der Waals surface area (Å²) in [4.78, 5) is 32.5. The molecule has 2 aromatic carbocycles. The number of nitrogens with zero attached hydrogens (tertiary/aromatic N) is 4. The summed E-state index contributed by atoms with van der Waals surface area (Å²) in [7, 11) is 1.82. The molecule has 0 aliphatic heterocycles. The van der Waals surface area contributed by atoms with Crippen LogP contribution in [0, 0.1) is 22.3 Å². The van der Waals surface area contributed by atoms with Crippen molar-refractivity contribution >= 4 is 57.0 Å². The number of anilines is 2. The largest absolute Gasteiger partial charge is 0.470 e. The molecule has 0 saturated heterocycles. The molecule has 0 bridgehead atoms. The fourth-order valence-corrected chi connectivity index (χ4v) is 5.18. The van der Waals surface area contributed by atoms with E-state index in [4.69, 9.17) is 14.5 Å². The molecule has 1 fully saturated rings. The second-order valence-corrected chi connectivity index (χ2v) is 12.6. The highest BCUT2D eigenvalue weighted by Gasteiger charge is 2.31. The number of ether oxygens (including phenoxy) is 2. The number of aromatic nitrogens is 3. The molecule has 1 aliphatic rings. The quantitative estimate of drug-likeness (QED) is 0.119. The molecule has 0 spiro atoms. The Morgan fingerprint density at radius 3 is 2.60 bits per heavy atom. The summed E-state index contributed by atoms with van der Waals surface area (Å²) >= 11 is 2.34. The van der Waals surface area contributed by atoms with Gasteiger partial charge in [0.2, 0.25) is 0 Å². The molecule has 1 amide bonds. The molecule has 1 saturated carbocycles. The van der Waals surface area contributed by atoms with E-state index in [1.165, 1.54) is 0 Å². The summed E-state index contributed by atoms with van der Waals surface area (Å²) in [5.74, 6) is 5.90. The number of hydrogen-bond donors (Lipinski definition) is 0. The van der Waals surface area contributed by atoms with E-state index >= 15 is 0 Å². The number of carbonyl (C=O) groups is 2. The van der Waals surface area contributed by atoms with E-state index in [-0.39, 0.29) is 12.5 Å². The van der Waals surface area contributed by atoms with Crippen molar-refractivity contribution in [1.29, 1.82) is 0 Å². The van der Waals surface area contributed by atoms with Gasteiger partial charge in [-0.25, -0.2) is 9.78 Å². The average molecular weight is 677 g/mol. The van der Waals surface area contributed by atoms with Crippen molar-refractivity contribution in [2.24, 2.45) is 7.05 Å². The third kappa shape index (κ3) is 6.44. The Morgan fingerprint density at radius 1 is 1.14 bits per heavy atom. The van der Waals surface area contributed by atoms with Crippen molar-refractivity contribution in [2.75, 3.05) is 4.90 Å². The summed E-state index contributed by atoms with van der Waals surface area (Å²) in [6.07, 6.45) is 2.19. The van der Waals surface area contributed by atoms with Crippen LogP contribution in [0.3, 0.4) is 0 Å². The first-order valence-electron chi connectivity index (χ1n) is 13.8. The van der Waals surface area contributed by atoms with E-state index < -0.39 is 11.6 Å². The van der Waals surface area contributed by atoms with E-state index in [2.05, 4.69) is 51.7 Å². The molecule has 0 unspecified atom stereocenters. The first kappa shape index (κ1) is 29.6. The Balaban J connectivity index is 1.50. The van der Waals surface area contributed by atoms with Gasteiger partial charge >= 0.3 is 11.9 Å². The monoisotopic (exact) mass is 676 g/mol. The lowest BCUT2D eigenvalue weighted by atomic mass is 10.0. The second-order valence-electron chi connectivity index (χ2n) is 11.4. The highest BCUT2D eigenvalue weighted by Crippen LogP contribution is 2.47. The zero-order valence-corrected chi connectivity index (χ0v) is 26.8. The van der Waals surface area contributed by atoms with Gasteiger partial charge in [-0.3, -0.25) is 14.4 Å². The van der Waals surface area contributed by atoms with Crippen LogP contribution in [-0.4, -0.2) is 32.2 Å². The van der Waals surface area contributed by atoms with E-state index in [0.29, 0.717) is 28.7 Å². The van der Waals surface area contributed by atoms with E-state index in [9.17, 15) is 9.59 Å². The molecule has 2 aromatic heterocycles. The van der Waals surface area contributed by atoms with E-state index in [1.54, 1.807) is 34.7 Å². The van der Waals surface area contributed by atoms with Crippen LogP contribution >= 0.6 is 22.6 Å². The Labute approximate surface area is 259 Å². The minimum absolute atomic E-state index is 0.167. The molecule has 0 N–H and O–H groups in total. The molecule has 216 valence electrons. The first-order valence-corrected chi connectivity index (χ1v) is 14.9. The molecule has 0 radical (unpaired) electrons. The van der Waals surface area contributed by atoms with Crippen molar-refractivity contribution in [3.8, 4) is 17.7 Å². The highest BCUT2D eigenvalue weighted by molar-refractivity contribution is 14.1. The summed E-state index contributed by atoms with van der Waals surface area (Å²) in [5, 5.41) is 4.55. The maximum absolute atomic E-state index is 13.5. The zero-order chi connectivity index (χ0) is 30.2. The third-order valence-corrected chi connectivity index (χ3v) is 7.98. The minimum atomic E-state index is -0.589. The zero-order valence-electron chi connectivity index (χ0n) is 24.6. The van der Waals surface area contributed by atoms with Crippen LogP contribution in [0.15, 0.2) is 48.5 Å². The molecular formula is C33H33IN4O4. The molecule has 2 heterocycles. The molecule has 42 heavy (non-hydrogen) atoms. The lowest BCUT2D eigenvalue weighted by Crippen LogP contribution is -2.26. The summed E-state index contributed by atoms with van der Waals surface area (Å²) in [6, 6.07) is 15.1. The van der Waals surface area contributed by atoms with Crippen LogP contribution in [0.5, 0.6) is 5.88 Å². The Hall–Kier alpha value is -3.91. The number of amides is 1. The van der Waals surface area contributed by atoms with Crippen molar-refractivity contribution in [1.82, 2.24) is 14.8 Å². The van der Waals surface area contributed by atoms with Gasteiger partial charge in [-0.1, -0.05) is 18.1 Å². The summed E-state index contributed by atoms with van der Waals surface area (Å²) in [5.41, 5.74) is 4.94. The number of hydrogen-bond acceptors (Lipinski definition) is 6. The molecule has 1 aliphatic carbocycles. The van der Waals surface area contributed by atoms with Gasteiger partial charge in [0, 0.05) is 10.6 Å². The number of benzene rings is 2. The highest BCUT2D eigenvalue weighted by atomic mass is 127. The molecule has 5 rings (SSSR count). The Morgan fingerprint density at radius 2 is 1.90 bits per heavy atom. The molecule has 8 nitrogen and oxygen atoms in total. The molecule has 0 atom stereocenters. The fourth-order valence-electron chi connectivity index (χ4n) is 4.69. The summed E-state index contributed by atoms with van der Waals surface area (Å²) < 4.78 is 14.5. The van der Waals surface area contributed by atoms with Gasteiger partial charge in [0.1, 0.15) is 18.0 Å². The van der Waals surface area contributed by atoms with Gasteiger partial charge in [0.05, 0.1) is 16.8 Å². The van der Waals surface area contributed by atoms with Gasteiger partial charge in [-0.15, -0.1) is 5.10 Å². The predicted octanol–water partition coefficient (Wildman–Crippen LogP) is 6.98. The molecule has 9 heteroatoms. The molecular weight excluding hydrogens is 643 g/mol. The molecule has 4 aromatic rings. The number of carbonyl (C=O) groups excluding carboxylic acids is 2.